The minimum Gasteiger partial charge on any atom is -0.282 e. The molecule has 3 heterocycles. The second kappa shape index (κ2) is 7.92. The van der Waals surface area contributed by atoms with E-state index < -0.39 is 15.8 Å². The molecule has 1 fully saturated rings. The van der Waals surface area contributed by atoms with E-state index in [1.807, 2.05) is 28.4 Å². The maximum absolute atomic E-state index is 13.3. The van der Waals surface area contributed by atoms with Crippen LogP contribution >= 0.6 is 22.9 Å². The molecule has 0 amide bonds. The van der Waals surface area contributed by atoms with Gasteiger partial charge in [0.1, 0.15) is 5.82 Å². The fourth-order valence-corrected chi connectivity index (χ4v) is 5.45. The SMILES string of the molecule is O=S(=O)(c1ccc(F)c(Cl)c1)N1CCN(Cn2ccc(-c3ccsc3)n2)CC1. The Morgan fingerprint density at radius 2 is 1.93 bits per heavy atom. The third-order valence-electron chi connectivity index (χ3n) is 4.66. The standard InChI is InChI=1S/C18H18ClFN4O2S2/c19-16-11-15(1-2-17(16)20)28(25,26)24-8-6-22(7-9-24)13-23-5-3-18(21-23)14-4-10-27-12-14/h1-5,10-12H,6-9,13H2. The molecule has 148 valence electrons. The summed E-state index contributed by atoms with van der Waals surface area (Å²) in [5.41, 5.74) is 2.02. The molecule has 0 unspecified atom stereocenters. The topological polar surface area (TPSA) is 58.4 Å². The van der Waals surface area contributed by atoms with E-state index in [2.05, 4.69) is 15.4 Å². The molecule has 3 aromatic rings. The predicted octanol–water partition coefficient (Wildman–Crippen LogP) is 3.37. The van der Waals surface area contributed by atoms with E-state index >= 15 is 0 Å². The van der Waals surface area contributed by atoms with E-state index in [1.165, 1.54) is 10.4 Å². The van der Waals surface area contributed by atoms with Crippen molar-refractivity contribution in [1.82, 2.24) is 19.0 Å². The molecule has 0 radical (unpaired) electrons. The fourth-order valence-electron chi connectivity index (χ4n) is 3.11. The zero-order chi connectivity index (χ0) is 19.7. The van der Waals surface area contributed by atoms with E-state index in [-0.39, 0.29) is 9.92 Å². The minimum absolute atomic E-state index is 0.0137. The average molecular weight is 441 g/mol. The molecule has 0 aliphatic carbocycles. The average Bonchev–Trinajstić information content (AvgIpc) is 3.36. The highest BCUT2D eigenvalue weighted by Crippen LogP contribution is 2.23. The molecule has 6 nitrogen and oxygen atoms in total. The molecule has 0 bridgehead atoms. The van der Waals surface area contributed by atoms with Crippen LogP contribution < -0.4 is 0 Å². The number of rotatable bonds is 5. The van der Waals surface area contributed by atoms with Gasteiger partial charge in [0.15, 0.2) is 0 Å². The number of piperazine rings is 1. The van der Waals surface area contributed by atoms with Crippen LogP contribution in [0.1, 0.15) is 0 Å². The van der Waals surface area contributed by atoms with Gasteiger partial charge in [0.05, 0.1) is 22.3 Å². The van der Waals surface area contributed by atoms with Crippen molar-refractivity contribution in [2.75, 3.05) is 26.2 Å². The Balaban J connectivity index is 1.38. The first kappa shape index (κ1) is 19.5. The fraction of sp³-hybridized carbons (Fsp3) is 0.278. The van der Waals surface area contributed by atoms with E-state index in [4.69, 9.17) is 11.6 Å². The van der Waals surface area contributed by atoms with Gasteiger partial charge in [0.2, 0.25) is 10.0 Å². The molecule has 2 aromatic heterocycles. The van der Waals surface area contributed by atoms with Crippen LogP contribution in [0.3, 0.4) is 0 Å². The van der Waals surface area contributed by atoms with Crippen molar-refractivity contribution < 1.29 is 12.8 Å². The van der Waals surface area contributed by atoms with Crippen LogP contribution in [0.4, 0.5) is 4.39 Å². The summed E-state index contributed by atoms with van der Waals surface area (Å²) in [6.07, 6.45) is 1.93. The molecular formula is C18H18ClFN4O2S2. The Labute approximate surface area is 171 Å². The Kier molecular flexibility index (Phi) is 5.52. The third-order valence-corrected chi connectivity index (χ3v) is 7.53. The highest BCUT2D eigenvalue weighted by molar-refractivity contribution is 7.89. The van der Waals surface area contributed by atoms with Crippen molar-refractivity contribution in [3.05, 3.63) is 58.1 Å². The van der Waals surface area contributed by atoms with Crippen molar-refractivity contribution in [1.29, 1.82) is 0 Å². The van der Waals surface area contributed by atoms with Gasteiger partial charge in [-0.1, -0.05) is 11.6 Å². The molecule has 4 rings (SSSR count). The minimum atomic E-state index is -3.69. The molecule has 0 N–H and O–H groups in total. The summed E-state index contributed by atoms with van der Waals surface area (Å²) in [5.74, 6) is -0.633. The maximum atomic E-state index is 13.3. The van der Waals surface area contributed by atoms with Crippen molar-refractivity contribution in [3.8, 4) is 11.3 Å². The van der Waals surface area contributed by atoms with E-state index in [0.29, 0.717) is 32.8 Å². The van der Waals surface area contributed by atoms with Crippen LogP contribution in [0, 0.1) is 5.82 Å². The first-order chi connectivity index (χ1) is 13.4. The monoisotopic (exact) mass is 440 g/mol. The Bertz CT molecular complexity index is 1060. The highest BCUT2D eigenvalue weighted by Gasteiger charge is 2.29. The maximum Gasteiger partial charge on any atom is 0.243 e. The number of aromatic nitrogens is 2. The van der Waals surface area contributed by atoms with Crippen molar-refractivity contribution in [3.63, 3.8) is 0 Å². The summed E-state index contributed by atoms with van der Waals surface area (Å²) in [5, 5.41) is 8.45. The molecule has 0 spiro atoms. The number of halogens is 2. The van der Waals surface area contributed by atoms with Crippen LogP contribution in [-0.2, 0) is 16.7 Å². The number of sulfonamides is 1. The summed E-state index contributed by atoms with van der Waals surface area (Å²) in [6.45, 7) is 2.48. The molecule has 0 atom stereocenters. The predicted molar refractivity (Wildman–Crippen MR) is 107 cm³/mol. The Morgan fingerprint density at radius 1 is 1.14 bits per heavy atom. The van der Waals surface area contributed by atoms with Crippen LogP contribution in [0.15, 0.2) is 52.2 Å². The van der Waals surface area contributed by atoms with Gasteiger partial charge in [-0.25, -0.2) is 12.8 Å². The molecule has 0 saturated carbocycles. The van der Waals surface area contributed by atoms with Crippen LogP contribution in [0.25, 0.3) is 11.3 Å². The van der Waals surface area contributed by atoms with Crippen LogP contribution in [0.2, 0.25) is 5.02 Å². The van der Waals surface area contributed by atoms with Gasteiger partial charge in [-0.3, -0.25) is 9.58 Å². The van der Waals surface area contributed by atoms with E-state index in [1.54, 1.807) is 11.3 Å². The van der Waals surface area contributed by atoms with Gasteiger partial charge in [0.25, 0.3) is 0 Å². The van der Waals surface area contributed by atoms with Crippen molar-refractivity contribution in [2.45, 2.75) is 11.6 Å². The lowest BCUT2D eigenvalue weighted by Gasteiger charge is -2.33. The first-order valence-corrected chi connectivity index (χ1v) is 11.4. The van der Waals surface area contributed by atoms with Gasteiger partial charge < -0.3 is 0 Å². The summed E-state index contributed by atoms with van der Waals surface area (Å²) in [6, 6.07) is 7.49. The number of hydrogen-bond donors (Lipinski definition) is 0. The smallest absolute Gasteiger partial charge is 0.243 e. The van der Waals surface area contributed by atoms with Crippen LogP contribution in [-0.4, -0.2) is 53.6 Å². The van der Waals surface area contributed by atoms with Gasteiger partial charge in [-0.2, -0.15) is 20.7 Å². The molecule has 1 aromatic carbocycles. The van der Waals surface area contributed by atoms with Gasteiger partial charge in [0, 0.05) is 43.3 Å². The summed E-state index contributed by atoms with van der Waals surface area (Å²) < 4.78 is 42.1. The molecule has 1 aliphatic rings. The largest absolute Gasteiger partial charge is 0.282 e. The second-order valence-corrected chi connectivity index (χ2v) is 9.62. The lowest BCUT2D eigenvalue weighted by molar-refractivity contribution is 0.146. The molecule has 1 aliphatic heterocycles. The lowest BCUT2D eigenvalue weighted by atomic mass is 10.2. The number of hydrogen-bond acceptors (Lipinski definition) is 5. The van der Waals surface area contributed by atoms with Gasteiger partial charge in [-0.05, 0) is 35.7 Å². The molecular weight excluding hydrogens is 423 g/mol. The molecule has 28 heavy (non-hydrogen) atoms. The quantitative estimate of drug-likeness (QED) is 0.610. The lowest BCUT2D eigenvalue weighted by Crippen LogP contribution is -2.48. The zero-order valence-corrected chi connectivity index (χ0v) is 17.2. The summed E-state index contributed by atoms with van der Waals surface area (Å²) in [7, 11) is -3.69. The third kappa shape index (κ3) is 3.99. The zero-order valence-electron chi connectivity index (χ0n) is 14.8. The molecule has 10 heteroatoms. The number of nitrogens with zero attached hydrogens (tertiary/aromatic N) is 4. The normalized spacial score (nSPS) is 16.5. The van der Waals surface area contributed by atoms with Crippen molar-refractivity contribution >= 4 is 33.0 Å². The highest BCUT2D eigenvalue weighted by atomic mass is 35.5. The van der Waals surface area contributed by atoms with Crippen molar-refractivity contribution in [2.24, 2.45) is 0 Å². The summed E-state index contributed by atoms with van der Waals surface area (Å²) in [4.78, 5) is 2.16. The van der Waals surface area contributed by atoms with E-state index in [9.17, 15) is 12.8 Å². The molecule has 1 saturated heterocycles. The van der Waals surface area contributed by atoms with Gasteiger partial charge >= 0.3 is 0 Å². The number of thiophene rings is 1. The number of benzene rings is 1. The summed E-state index contributed by atoms with van der Waals surface area (Å²) >= 11 is 7.37. The van der Waals surface area contributed by atoms with Crippen LogP contribution in [0.5, 0.6) is 0 Å². The first-order valence-electron chi connectivity index (χ1n) is 8.67. The Hall–Kier alpha value is -1.78. The van der Waals surface area contributed by atoms with Gasteiger partial charge in [-0.15, -0.1) is 0 Å². The Morgan fingerprint density at radius 3 is 2.61 bits per heavy atom. The second-order valence-electron chi connectivity index (χ2n) is 6.49. The van der Waals surface area contributed by atoms with E-state index in [0.717, 1.165) is 23.4 Å².